The van der Waals surface area contributed by atoms with Gasteiger partial charge in [0.2, 0.25) is 0 Å². The fraction of sp³-hybridized carbons (Fsp3) is 0.120. The zero-order chi connectivity index (χ0) is 22.6. The maximum atomic E-state index is 4.76. The predicted molar refractivity (Wildman–Crippen MR) is 133 cm³/mol. The number of imidazole rings is 3. The minimum absolute atomic E-state index is 0. The second-order valence-corrected chi connectivity index (χ2v) is 7.75. The number of benzene rings is 3. The summed E-state index contributed by atoms with van der Waals surface area (Å²) in [6, 6.07) is 24.3. The first kappa shape index (κ1) is 24.0. The van der Waals surface area contributed by atoms with Gasteiger partial charge in [-0.25, -0.2) is 15.0 Å². The summed E-state index contributed by atoms with van der Waals surface area (Å²) in [4.78, 5) is 26.9. The number of fused-ring (bicyclic) bond motifs is 3. The Balaban J connectivity index is 0.000000890. The Morgan fingerprint density at radius 1 is 0.559 bits per heavy atom. The first-order valence-corrected chi connectivity index (χ1v) is 12.2. The molecule has 0 fully saturated rings. The summed E-state index contributed by atoms with van der Waals surface area (Å²) in [5.74, 6) is 2.77. The van der Waals surface area contributed by atoms with Crippen molar-refractivity contribution in [3.63, 3.8) is 0 Å². The Hall–Kier alpha value is -3.15. The molecule has 0 aliphatic heterocycles. The predicted octanol–water partition coefficient (Wildman–Crippen LogP) is 5.66. The molecule has 9 heteroatoms. The fourth-order valence-electron chi connectivity index (χ4n) is 4.04. The van der Waals surface area contributed by atoms with Gasteiger partial charge in [0.25, 0.3) is 0 Å². The van der Waals surface area contributed by atoms with Gasteiger partial charge in [-0.15, -0.1) is 0 Å². The molecule has 0 bridgehead atoms. The number of nitrogens with zero attached hydrogens (tertiary/aromatic N) is 4. The van der Waals surface area contributed by atoms with Crippen LogP contribution in [0.15, 0.2) is 72.8 Å². The summed E-state index contributed by atoms with van der Waals surface area (Å²) in [6.45, 7) is 1.97. The van der Waals surface area contributed by atoms with E-state index in [-0.39, 0.29) is 7.43 Å². The Morgan fingerprint density at radius 2 is 0.853 bits per heavy atom. The van der Waals surface area contributed by atoms with Crippen LogP contribution in [-0.2, 0) is 35.0 Å². The molecule has 0 aliphatic rings. The molecular formula is C25H24ClCrN7+. The number of aromatic nitrogens is 6. The van der Waals surface area contributed by atoms with Crippen LogP contribution >= 0.6 is 10.0 Å². The zero-order valence-electron chi connectivity index (χ0n) is 18.6. The number of hydrogen-bond donors (Lipinski definition) is 3. The Kier molecular flexibility index (Phi) is 7.66. The van der Waals surface area contributed by atoms with Crippen LogP contribution in [0.5, 0.6) is 0 Å². The maximum absolute atomic E-state index is 4.76. The molecule has 0 spiro atoms. The molecule has 0 saturated carbocycles. The van der Waals surface area contributed by atoms with Gasteiger partial charge in [-0.2, -0.15) is 0 Å². The molecule has 7 nitrogen and oxygen atoms in total. The molecule has 6 rings (SSSR count). The molecular weight excluding hydrogens is 486 g/mol. The largest absolute Gasteiger partial charge is 0.341 e. The van der Waals surface area contributed by atoms with Gasteiger partial charge in [-0.1, -0.05) is 36.4 Å². The van der Waals surface area contributed by atoms with Crippen LogP contribution in [0, 0.1) is 7.43 Å². The number of halogens is 1. The summed E-state index contributed by atoms with van der Waals surface area (Å²) in [7, 11) is 4.51. The SMILES string of the molecule is [CH3-].[Cl][Cr+2].c1ccc2[nH]c(CN(Cc3nc4ccccc4[nH]3)Cc3nc4ccccc4[nH]3)nc2c1. The van der Waals surface area contributed by atoms with Crippen LogP contribution < -0.4 is 0 Å². The van der Waals surface area contributed by atoms with Crippen molar-refractivity contribution in [2.75, 3.05) is 0 Å². The molecule has 171 valence electrons. The molecule has 0 radical (unpaired) electrons. The molecule has 6 aromatic rings. The Bertz CT molecular complexity index is 1220. The number of rotatable bonds is 6. The first-order chi connectivity index (χ1) is 16.3. The van der Waals surface area contributed by atoms with Crippen molar-refractivity contribution in [3.05, 3.63) is 97.7 Å². The smallest absolute Gasteiger partial charge is 0.121 e. The van der Waals surface area contributed by atoms with Crippen molar-refractivity contribution in [2.45, 2.75) is 19.6 Å². The van der Waals surface area contributed by atoms with Gasteiger partial charge in [0, 0.05) is 0 Å². The van der Waals surface area contributed by atoms with E-state index in [1.54, 1.807) is 0 Å². The number of H-pyrrole nitrogens is 3. The second kappa shape index (κ2) is 10.9. The average molecular weight is 510 g/mol. The standard InChI is InChI=1S/C24H21N7.CH3.ClH.Cr/c1-2-8-17-16(7-1)25-22(26-17)13-31(14-23-27-18-9-3-4-10-19(18)28-23)15-24-29-20-11-5-6-12-21(20)30-24;;;/h1-12H,13-15H2,(H,25,26)(H,27,28)(H,29,30);1H3;1H;/q;-1;;+3/p-1. The first-order valence-electron chi connectivity index (χ1n) is 10.5. The van der Waals surface area contributed by atoms with Gasteiger partial charge in [0.15, 0.2) is 0 Å². The normalized spacial score (nSPS) is 11.0. The number of para-hydroxylation sites is 6. The topological polar surface area (TPSA) is 89.3 Å². The number of nitrogens with one attached hydrogen (secondary N) is 3. The molecule has 0 amide bonds. The third-order valence-corrected chi connectivity index (χ3v) is 5.44. The van der Waals surface area contributed by atoms with E-state index in [1.807, 2.05) is 54.6 Å². The van der Waals surface area contributed by atoms with Crippen molar-refractivity contribution < 1.29 is 15.4 Å². The Morgan fingerprint density at radius 3 is 1.15 bits per heavy atom. The molecule has 0 aliphatic carbocycles. The van der Waals surface area contributed by atoms with E-state index in [4.69, 9.17) is 15.0 Å². The molecule has 34 heavy (non-hydrogen) atoms. The molecule has 3 aromatic heterocycles. The Labute approximate surface area is 210 Å². The average Bonchev–Trinajstić information content (AvgIpc) is 3.55. The zero-order valence-corrected chi connectivity index (χ0v) is 20.7. The van der Waals surface area contributed by atoms with E-state index in [9.17, 15) is 0 Å². The second-order valence-electron chi connectivity index (χ2n) is 7.75. The van der Waals surface area contributed by atoms with Crippen molar-refractivity contribution >= 4 is 43.1 Å². The van der Waals surface area contributed by atoms with Gasteiger partial charge < -0.3 is 22.4 Å². The van der Waals surface area contributed by atoms with Crippen molar-refractivity contribution in [2.24, 2.45) is 0 Å². The quantitative estimate of drug-likeness (QED) is 0.253. The van der Waals surface area contributed by atoms with Crippen LogP contribution in [0.3, 0.4) is 0 Å². The molecule has 3 aromatic carbocycles. The van der Waals surface area contributed by atoms with E-state index in [2.05, 4.69) is 63.5 Å². The summed E-state index contributed by atoms with van der Waals surface area (Å²) >= 11 is 2.10. The minimum Gasteiger partial charge on any atom is -0.341 e. The van der Waals surface area contributed by atoms with Gasteiger partial charge in [0.05, 0.1) is 52.7 Å². The molecule has 3 heterocycles. The number of hydrogen-bond acceptors (Lipinski definition) is 4. The monoisotopic (exact) mass is 509 g/mol. The van der Waals surface area contributed by atoms with E-state index in [0.29, 0.717) is 19.6 Å². The molecule has 0 unspecified atom stereocenters. The summed E-state index contributed by atoms with van der Waals surface area (Å²) in [5.41, 5.74) is 6.07. The van der Waals surface area contributed by atoms with Crippen LogP contribution in [-0.4, -0.2) is 34.8 Å². The summed E-state index contributed by atoms with van der Waals surface area (Å²) in [5, 5.41) is 0. The summed E-state index contributed by atoms with van der Waals surface area (Å²) < 4.78 is 0. The van der Waals surface area contributed by atoms with Crippen molar-refractivity contribution in [1.29, 1.82) is 0 Å². The van der Waals surface area contributed by atoms with Crippen molar-refractivity contribution in [1.82, 2.24) is 34.8 Å². The molecule has 0 atom stereocenters. The van der Waals surface area contributed by atoms with Gasteiger partial charge in [-0.3, -0.25) is 4.90 Å². The molecule has 0 saturated heterocycles. The van der Waals surface area contributed by atoms with Gasteiger partial charge in [-0.05, 0) is 36.4 Å². The van der Waals surface area contributed by atoms with Crippen LogP contribution in [0.25, 0.3) is 33.1 Å². The minimum atomic E-state index is 0. The van der Waals surface area contributed by atoms with Gasteiger partial charge in [0.1, 0.15) is 17.5 Å². The van der Waals surface area contributed by atoms with E-state index in [1.165, 1.54) is 0 Å². The maximum Gasteiger partial charge on any atom is 0.121 e. The van der Waals surface area contributed by atoms with E-state index < -0.39 is 0 Å². The van der Waals surface area contributed by atoms with E-state index >= 15 is 0 Å². The van der Waals surface area contributed by atoms with Crippen LogP contribution in [0.1, 0.15) is 17.5 Å². The number of aromatic amines is 3. The van der Waals surface area contributed by atoms with Crippen LogP contribution in [0.4, 0.5) is 0 Å². The summed E-state index contributed by atoms with van der Waals surface area (Å²) in [6.07, 6.45) is 0. The van der Waals surface area contributed by atoms with Crippen LogP contribution in [0.2, 0.25) is 0 Å². The van der Waals surface area contributed by atoms with Gasteiger partial charge >= 0.3 is 25.4 Å². The molecule has 3 N–H and O–H groups in total. The van der Waals surface area contributed by atoms with E-state index in [0.717, 1.165) is 50.6 Å². The third-order valence-electron chi connectivity index (χ3n) is 5.44. The fourth-order valence-corrected chi connectivity index (χ4v) is 4.04. The third kappa shape index (κ3) is 5.16. The van der Waals surface area contributed by atoms with Crippen molar-refractivity contribution in [3.8, 4) is 0 Å².